The molecule has 1 aliphatic heterocycles. The zero-order valence-corrected chi connectivity index (χ0v) is 12.1. The second kappa shape index (κ2) is 4.84. The molecule has 3 atom stereocenters. The van der Waals surface area contributed by atoms with E-state index in [1.54, 1.807) is 0 Å². The van der Waals surface area contributed by atoms with E-state index in [2.05, 4.69) is 26.1 Å². The minimum absolute atomic E-state index is 0.0521. The molecule has 3 unspecified atom stereocenters. The number of amides is 1. The predicted molar refractivity (Wildman–Crippen MR) is 74.0 cm³/mol. The van der Waals surface area contributed by atoms with Crippen molar-refractivity contribution in [1.82, 2.24) is 5.32 Å². The van der Waals surface area contributed by atoms with Gasteiger partial charge in [0.05, 0.1) is 5.92 Å². The average molecular weight is 252 g/mol. The van der Waals surface area contributed by atoms with Crippen LogP contribution < -0.4 is 11.1 Å². The van der Waals surface area contributed by atoms with Crippen molar-refractivity contribution in [3.05, 3.63) is 0 Å². The van der Waals surface area contributed by atoms with Gasteiger partial charge in [0, 0.05) is 13.1 Å². The number of carbonyl (C=O) groups excluding carboxylic acids is 1. The van der Waals surface area contributed by atoms with Gasteiger partial charge >= 0.3 is 0 Å². The van der Waals surface area contributed by atoms with Gasteiger partial charge in [-0.05, 0) is 42.4 Å². The number of nitrogens with two attached hydrogens (primary N) is 1. The van der Waals surface area contributed by atoms with Gasteiger partial charge in [0.2, 0.25) is 5.91 Å². The number of hydrogen-bond acceptors (Lipinski definition) is 2. The van der Waals surface area contributed by atoms with E-state index in [1.165, 1.54) is 25.7 Å². The number of carbonyl (C=O) groups is 1. The molecule has 1 amide bonds. The van der Waals surface area contributed by atoms with Gasteiger partial charge in [0.1, 0.15) is 0 Å². The predicted octanol–water partition coefficient (Wildman–Crippen LogP) is 2.30. The summed E-state index contributed by atoms with van der Waals surface area (Å²) >= 11 is 0. The highest BCUT2D eigenvalue weighted by atomic mass is 16.1. The topological polar surface area (TPSA) is 55.1 Å². The Morgan fingerprint density at radius 1 is 1.28 bits per heavy atom. The molecule has 1 aliphatic carbocycles. The van der Waals surface area contributed by atoms with Crippen LogP contribution in [0.3, 0.4) is 0 Å². The largest absolute Gasteiger partial charge is 0.369 e. The fourth-order valence-electron chi connectivity index (χ4n) is 4.03. The van der Waals surface area contributed by atoms with Crippen molar-refractivity contribution in [2.45, 2.75) is 52.9 Å². The Hall–Kier alpha value is -0.570. The fourth-order valence-corrected chi connectivity index (χ4v) is 4.03. The Morgan fingerprint density at radius 2 is 2.00 bits per heavy atom. The molecule has 0 aromatic heterocycles. The summed E-state index contributed by atoms with van der Waals surface area (Å²) in [5, 5.41) is 3.39. The summed E-state index contributed by atoms with van der Waals surface area (Å²) in [6.45, 7) is 8.80. The zero-order chi connectivity index (χ0) is 13.4. The smallest absolute Gasteiger partial charge is 0.222 e. The Kier molecular flexibility index (Phi) is 3.72. The lowest BCUT2D eigenvalue weighted by Gasteiger charge is -2.33. The summed E-state index contributed by atoms with van der Waals surface area (Å²) in [5.41, 5.74) is 6.14. The zero-order valence-electron chi connectivity index (χ0n) is 12.1. The first-order valence-corrected chi connectivity index (χ1v) is 7.35. The lowest BCUT2D eigenvalue weighted by Crippen LogP contribution is -2.38. The van der Waals surface area contributed by atoms with Crippen LogP contribution in [0.2, 0.25) is 0 Å². The minimum atomic E-state index is -0.103. The molecule has 2 rings (SSSR count). The summed E-state index contributed by atoms with van der Waals surface area (Å²) in [5.74, 6) is 0.733. The van der Waals surface area contributed by atoms with E-state index in [0.717, 1.165) is 25.4 Å². The van der Waals surface area contributed by atoms with Crippen LogP contribution in [-0.2, 0) is 4.79 Å². The molecule has 1 heterocycles. The molecule has 1 spiro atoms. The summed E-state index contributed by atoms with van der Waals surface area (Å²) in [4.78, 5) is 11.6. The van der Waals surface area contributed by atoms with Crippen molar-refractivity contribution >= 4 is 5.91 Å². The van der Waals surface area contributed by atoms with Crippen molar-refractivity contribution < 1.29 is 4.79 Å². The molecule has 1 saturated heterocycles. The van der Waals surface area contributed by atoms with Crippen LogP contribution in [0.4, 0.5) is 0 Å². The van der Waals surface area contributed by atoms with Crippen molar-refractivity contribution in [2.75, 3.05) is 13.1 Å². The van der Waals surface area contributed by atoms with Crippen LogP contribution >= 0.6 is 0 Å². The van der Waals surface area contributed by atoms with Gasteiger partial charge in [-0.3, -0.25) is 4.79 Å². The molecule has 2 aliphatic rings. The third-order valence-corrected chi connectivity index (χ3v) is 5.35. The van der Waals surface area contributed by atoms with E-state index >= 15 is 0 Å². The van der Waals surface area contributed by atoms with E-state index in [4.69, 9.17) is 5.73 Å². The number of nitrogens with one attached hydrogen (secondary N) is 1. The van der Waals surface area contributed by atoms with Gasteiger partial charge in [-0.2, -0.15) is 0 Å². The molecule has 0 aromatic carbocycles. The van der Waals surface area contributed by atoms with Crippen LogP contribution in [-0.4, -0.2) is 19.0 Å². The number of rotatable bonds is 1. The van der Waals surface area contributed by atoms with E-state index in [1.807, 2.05) is 0 Å². The highest BCUT2D eigenvalue weighted by molar-refractivity contribution is 5.78. The second-order valence-corrected chi connectivity index (χ2v) is 7.44. The fraction of sp³-hybridized carbons (Fsp3) is 0.933. The van der Waals surface area contributed by atoms with Crippen LogP contribution in [0.5, 0.6) is 0 Å². The number of primary amides is 1. The third kappa shape index (κ3) is 2.56. The summed E-state index contributed by atoms with van der Waals surface area (Å²) in [6, 6.07) is 0. The molecule has 0 bridgehead atoms. The molecule has 0 radical (unpaired) electrons. The van der Waals surface area contributed by atoms with Crippen LogP contribution in [0.15, 0.2) is 0 Å². The Morgan fingerprint density at radius 3 is 2.61 bits per heavy atom. The van der Waals surface area contributed by atoms with Gasteiger partial charge in [0.25, 0.3) is 0 Å². The Balaban J connectivity index is 2.10. The molecular weight excluding hydrogens is 224 g/mol. The molecular formula is C15H28N2O. The third-order valence-electron chi connectivity index (χ3n) is 5.35. The maximum absolute atomic E-state index is 11.6. The lowest BCUT2D eigenvalue weighted by atomic mass is 9.70. The first kappa shape index (κ1) is 13.9. The first-order valence-electron chi connectivity index (χ1n) is 7.35. The van der Waals surface area contributed by atoms with E-state index < -0.39 is 0 Å². The van der Waals surface area contributed by atoms with E-state index in [0.29, 0.717) is 5.41 Å². The standard InChI is InChI=1S/C15H28N2O/c1-14(2,3)11-5-4-7-15(8-6-11)10-17-9-12(15)13(16)18/h11-12,17H,4-10H2,1-3H3,(H2,16,18). The Bertz CT molecular complexity index is 321. The van der Waals surface area contributed by atoms with Gasteiger partial charge in [-0.15, -0.1) is 0 Å². The molecule has 3 heteroatoms. The summed E-state index contributed by atoms with van der Waals surface area (Å²) in [6.07, 6.45) is 6.12. The van der Waals surface area contributed by atoms with Crippen molar-refractivity contribution in [1.29, 1.82) is 0 Å². The van der Waals surface area contributed by atoms with Crippen molar-refractivity contribution in [2.24, 2.45) is 28.4 Å². The van der Waals surface area contributed by atoms with Crippen molar-refractivity contribution in [3.63, 3.8) is 0 Å². The van der Waals surface area contributed by atoms with E-state index in [9.17, 15) is 4.79 Å². The SMILES string of the molecule is CC(C)(C)C1CCCC2(CC1)CNCC2C(N)=O. The van der Waals surface area contributed by atoms with Gasteiger partial charge in [-0.25, -0.2) is 0 Å². The molecule has 2 fully saturated rings. The van der Waals surface area contributed by atoms with Crippen LogP contribution in [0, 0.1) is 22.7 Å². The van der Waals surface area contributed by atoms with Gasteiger partial charge < -0.3 is 11.1 Å². The molecule has 1 saturated carbocycles. The molecule has 3 nitrogen and oxygen atoms in total. The normalized spacial score (nSPS) is 37.7. The molecule has 3 N–H and O–H groups in total. The Labute approximate surface area is 111 Å². The number of hydrogen-bond donors (Lipinski definition) is 2. The highest BCUT2D eigenvalue weighted by Crippen LogP contribution is 2.48. The van der Waals surface area contributed by atoms with Crippen LogP contribution in [0.1, 0.15) is 52.9 Å². The minimum Gasteiger partial charge on any atom is -0.369 e. The quantitative estimate of drug-likeness (QED) is 0.752. The maximum Gasteiger partial charge on any atom is 0.222 e. The van der Waals surface area contributed by atoms with Crippen molar-refractivity contribution in [3.8, 4) is 0 Å². The lowest BCUT2D eigenvalue weighted by molar-refractivity contribution is -0.124. The molecule has 0 aromatic rings. The summed E-state index contributed by atoms with van der Waals surface area (Å²) < 4.78 is 0. The molecule has 104 valence electrons. The van der Waals surface area contributed by atoms with Gasteiger partial charge in [-0.1, -0.05) is 27.2 Å². The first-order chi connectivity index (χ1) is 8.35. The van der Waals surface area contributed by atoms with Crippen LogP contribution in [0.25, 0.3) is 0 Å². The monoisotopic (exact) mass is 252 g/mol. The average Bonchev–Trinajstić information content (AvgIpc) is 2.51. The maximum atomic E-state index is 11.6. The molecule has 18 heavy (non-hydrogen) atoms. The second-order valence-electron chi connectivity index (χ2n) is 7.44. The van der Waals surface area contributed by atoms with Gasteiger partial charge in [0.15, 0.2) is 0 Å². The summed E-state index contributed by atoms with van der Waals surface area (Å²) in [7, 11) is 0. The van der Waals surface area contributed by atoms with E-state index in [-0.39, 0.29) is 17.2 Å². The highest BCUT2D eigenvalue weighted by Gasteiger charge is 2.47.